The summed E-state index contributed by atoms with van der Waals surface area (Å²) in [6, 6.07) is -0.901. The molecule has 1 aliphatic heterocycles. The van der Waals surface area contributed by atoms with Crippen LogP contribution in [-0.4, -0.2) is 51.5 Å². The summed E-state index contributed by atoms with van der Waals surface area (Å²) >= 11 is 1.45. The van der Waals surface area contributed by atoms with Crippen molar-refractivity contribution in [3.05, 3.63) is 0 Å². The number of nitrogens with one attached hydrogen (secondary N) is 1. The zero-order valence-electron chi connectivity index (χ0n) is 12.6. The number of carbonyl (C=O) groups excluding carboxylic acids is 1. The molecule has 1 rings (SSSR count). The maximum Gasteiger partial charge on any atom is 0.327 e. The predicted molar refractivity (Wildman–Crippen MR) is 81.1 cm³/mol. The summed E-state index contributed by atoms with van der Waals surface area (Å²) in [6.07, 6.45) is 3.86. The molecular formula is C14H25NO5S. The lowest BCUT2D eigenvalue weighted by Gasteiger charge is -2.20. The summed E-state index contributed by atoms with van der Waals surface area (Å²) in [7, 11) is 0. The summed E-state index contributed by atoms with van der Waals surface area (Å²) in [5.41, 5.74) is 0. The molecule has 0 aromatic heterocycles. The quantitative estimate of drug-likeness (QED) is 0.555. The van der Waals surface area contributed by atoms with E-state index in [9.17, 15) is 14.7 Å². The third-order valence-corrected chi connectivity index (χ3v) is 4.88. The van der Waals surface area contributed by atoms with Crippen molar-refractivity contribution in [2.75, 3.05) is 5.75 Å². The van der Waals surface area contributed by atoms with Gasteiger partial charge < -0.3 is 20.3 Å². The lowest BCUT2D eigenvalue weighted by atomic mass is 10.1. The van der Waals surface area contributed by atoms with Crippen LogP contribution in [0.25, 0.3) is 0 Å². The van der Waals surface area contributed by atoms with Crippen molar-refractivity contribution in [2.45, 2.75) is 69.6 Å². The van der Waals surface area contributed by atoms with Crippen LogP contribution >= 0.6 is 11.8 Å². The molecule has 0 spiro atoms. The van der Waals surface area contributed by atoms with Gasteiger partial charge in [-0.15, -0.1) is 0 Å². The van der Waals surface area contributed by atoms with Crippen molar-refractivity contribution in [3.8, 4) is 0 Å². The fourth-order valence-corrected chi connectivity index (χ4v) is 3.74. The van der Waals surface area contributed by atoms with Crippen molar-refractivity contribution >= 4 is 23.6 Å². The second-order valence-corrected chi connectivity index (χ2v) is 6.60. The minimum atomic E-state index is -1.04. The van der Waals surface area contributed by atoms with E-state index in [2.05, 4.69) is 12.2 Å². The maximum atomic E-state index is 11.1. The number of thioether (sulfide) groups is 1. The Morgan fingerprint density at radius 3 is 2.71 bits per heavy atom. The molecular weight excluding hydrogens is 294 g/mol. The molecule has 1 heterocycles. The maximum absolute atomic E-state index is 11.1. The molecule has 0 aliphatic carbocycles. The Hall–Kier alpha value is -0.790. The van der Waals surface area contributed by atoms with Gasteiger partial charge in [0.05, 0.1) is 6.10 Å². The third kappa shape index (κ3) is 6.67. The van der Waals surface area contributed by atoms with Crippen LogP contribution < -0.4 is 5.32 Å². The van der Waals surface area contributed by atoms with Gasteiger partial charge in [-0.25, -0.2) is 4.79 Å². The number of carboxylic acids is 1. The van der Waals surface area contributed by atoms with Gasteiger partial charge in [-0.3, -0.25) is 4.79 Å². The van der Waals surface area contributed by atoms with Crippen LogP contribution in [0, 0.1) is 0 Å². The van der Waals surface area contributed by atoms with E-state index in [0.29, 0.717) is 6.42 Å². The number of carbonyl (C=O) groups is 2. The number of aliphatic carboxylic acids is 1. The van der Waals surface area contributed by atoms with Gasteiger partial charge >= 0.3 is 5.97 Å². The van der Waals surface area contributed by atoms with Gasteiger partial charge in [0.25, 0.3) is 0 Å². The molecule has 3 N–H and O–H groups in total. The molecule has 1 saturated heterocycles. The minimum Gasteiger partial charge on any atom is -0.480 e. The van der Waals surface area contributed by atoms with Gasteiger partial charge in [-0.1, -0.05) is 26.2 Å². The first kappa shape index (κ1) is 18.3. The molecule has 1 amide bonds. The van der Waals surface area contributed by atoms with Crippen LogP contribution in [0.1, 0.15) is 46.0 Å². The van der Waals surface area contributed by atoms with Crippen LogP contribution in [0.2, 0.25) is 0 Å². The molecule has 1 aliphatic rings. The van der Waals surface area contributed by atoms with E-state index in [0.717, 1.165) is 25.7 Å². The zero-order valence-corrected chi connectivity index (χ0v) is 13.4. The van der Waals surface area contributed by atoms with E-state index < -0.39 is 18.3 Å². The van der Waals surface area contributed by atoms with Gasteiger partial charge in [-0.2, -0.15) is 11.8 Å². The fourth-order valence-electron chi connectivity index (χ4n) is 2.36. The highest BCUT2D eigenvalue weighted by atomic mass is 32.2. The van der Waals surface area contributed by atoms with Gasteiger partial charge in [0.2, 0.25) is 5.91 Å². The molecule has 21 heavy (non-hydrogen) atoms. The van der Waals surface area contributed by atoms with E-state index in [1.165, 1.54) is 18.7 Å². The number of unbranched alkanes of at least 4 members (excludes halogenated alkanes) is 2. The Kier molecular flexibility index (Phi) is 8.06. The first-order valence-corrected chi connectivity index (χ1v) is 8.44. The average molecular weight is 319 g/mol. The Morgan fingerprint density at radius 1 is 1.43 bits per heavy atom. The van der Waals surface area contributed by atoms with Gasteiger partial charge in [-0.05, 0) is 6.42 Å². The summed E-state index contributed by atoms with van der Waals surface area (Å²) in [6.45, 7) is 3.43. The second-order valence-electron chi connectivity index (χ2n) is 5.32. The zero-order chi connectivity index (χ0) is 15.8. The Labute approximate surface area is 129 Å². The molecule has 0 bridgehead atoms. The summed E-state index contributed by atoms with van der Waals surface area (Å²) < 4.78 is 5.49. The van der Waals surface area contributed by atoms with Crippen molar-refractivity contribution in [1.82, 2.24) is 5.32 Å². The Morgan fingerprint density at radius 2 is 2.14 bits per heavy atom. The number of aliphatic hydroxyl groups is 1. The highest BCUT2D eigenvalue weighted by Gasteiger charge is 2.35. The number of hydrogen-bond acceptors (Lipinski definition) is 5. The molecule has 0 radical (unpaired) electrons. The largest absolute Gasteiger partial charge is 0.480 e. The first-order chi connectivity index (χ1) is 9.93. The second kappa shape index (κ2) is 9.27. The molecule has 4 atom stereocenters. The van der Waals surface area contributed by atoms with Crippen molar-refractivity contribution in [3.63, 3.8) is 0 Å². The van der Waals surface area contributed by atoms with Crippen molar-refractivity contribution in [2.24, 2.45) is 0 Å². The van der Waals surface area contributed by atoms with Crippen LogP contribution in [0.5, 0.6) is 0 Å². The van der Waals surface area contributed by atoms with Crippen LogP contribution in [0.4, 0.5) is 0 Å². The molecule has 0 aromatic rings. The summed E-state index contributed by atoms with van der Waals surface area (Å²) in [4.78, 5) is 22.1. The van der Waals surface area contributed by atoms with Crippen LogP contribution in [0.3, 0.4) is 0 Å². The number of carboxylic acid groups (broad SMARTS) is 1. The van der Waals surface area contributed by atoms with E-state index >= 15 is 0 Å². The third-order valence-electron chi connectivity index (χ3n) is 3.43. The Bertz CT molecular complexity index is 352. The highest BCUT2D eigenvalue weighted by Crippen LogP contribution is 2.33. The Balaban J connectivity index is 2.45. The predicted octanol–water partition coefficient (Wildman–Crippen LogP) is 1.37. The van der Waals surface area contributed by atoms with E-state index in [1.54, 1.807) is 0 Å². The normalized spacial score (nSPS) is 26.5. The molecule has 6 nitrogen and oxygen atoms in total. The van der Waals surface area contributed by atoms with Gasteiger partial charge in [0.1, 0.15) is 6.04 Å². The fraction of sp³-hybridized carbons (Fsp3) is 0.857. The van der Waals surface area contributed by atoms with E-state index in [1.807, 2.05) is 0 Å². The van der Waals surface area contributed by atoms with Gasteiger partial charge in [0.15, 0.2) is 6.29 Å². The van der Waals surface area contributed by atoms with Crippen LogP contribution in [-0.2, 0) is 14.3 Å². The number of aliphatic hydroxyl groups excluding tert-OH is 1. The first-order valence-electron chi connectivity index (χ1n) is 7.39. The topological polar surface area (TPSA) is 95.9 Å². The van der Waals surface area contributed by atoms with Crippen molar-refractivity contribution < 1.29 is 24.5 Å². The average Bonchev–Trinajstić information content (AvgIpc) is 2.74. The lowest BCUT2D eigenvalue weighted by molar-refractivity contribution is -0.140. The number of ether oxygens (including phenoxy) is 1. The van der Waals surface area contributed by atoms with Gasteiger partial charge in [0, 0.05) is 24.3 Å². The summed E-state index contributed by atoms with van der Waals surface area (Å²) in [5, 5.41) is 21.2. The van der Waals surface area contributed by atoms with E-state index in [4.69, 9.17) is 9.84 Å². The number of amides is 1. The van der Waals surface area contributed by atoms with E-state index in [-0.39, 0.29) is 23.0 Å². The standard InChI is InChI=1S/C14H25NO5S/c1-3-4-5-6-11-12(7-13(17)20-11)21-8-10(14(18)19)15-9(2)16/h10-13,17H,3-8H2,1-2H3,(H,15,16)(H,18,19)/t10-,11-,12-,13-/m0/s1. The lowest BCUT2D eigenvalue weighted by Crippen LogP contribution is -2.42. The molecule has 0 aromatic carbocycles. The summed E-state index contributed by atoms with van der Waals surface area (Å²) in [5.74, 6) is -1.12. The molecule has 0 saturated carbocycles. The minimum absolute atomic E-state index is 0.0386. The molecule has 122 valence electrons. The molecule has 1 fully saturated rings. The monoisotopic (exact) mass is 319 g/mol. The number of hydrogen-bond donors (Lipinski definition) is 3. The highest BCUT2D eigenvalue weighted by molar-refractivity contribution is 8.00. The smallest absolute Gasteiger partial charge is 0.327 e. The van der Waals surface area contributed by atoms with Crippen molar-refractivity contribution in [1.29, 1.82) is 0 Å². The number of rotatable bonds is 9. The molecule has 0 unspecified atom stereocenters. The SMILES string of the molecule is CCCCC[C@@H]1O[C@H](O)C[C@@H]1SC[C@H](NC(C)=O)C(=O)O. The molecule has 7 heteroatoms. The van der Waals surface area contributed by atoms with Crippen LogP contribution in [0.15, 0.2) is 0 Å².